The molecule has 2 rings (SSSR count). The average molecular weight is 223 g/mol. The number of pyridine rings is 1. The number of halogens is 1. The molecular weight excluding hydrogens is 213 g/mol. The molecule has 84 valence electrons. The van der Waals surface area contributed by atoms with Gasteiger partial charge in [0.15, 0.2) is 18.2 Å². The van der Waals surface area contributed by atoms with Crippen LogP contribution in [0.3, 0.4) is 0 Å². The standard InChI is InChI=1S/C10H10FN3O2/c1-2-8-13-9(16-14-8)6-15-7-4-3-5-12-10(7)11/h3-5H,2,6H2,1H3. The van der Waals surface area contributed by atoms with Crippen LogP contribution in [0, 0.1) is 5.95 Å². The average Bonchev–Trinajstić information content (AvgIpc) is 2.76. The first-order chi connectivity index (χ1) is 7.79. The third-order valence-corrected chi connectivity index (χ3v) is 1.90. The molecule has 5 nitrogen and oxygen atoms in total. The summed E-state index contributed by atoms with van der Waals surface area (Å²) in [5.41, 5.74) is 0. The van der Waals surface area contributed by atoms with Crippen molar-refractivity contribution in [1.82, 2.24) is 15.1 Å². The van der Waals surface area contributed by atoms with Crippen molar-refractivity contribution >= 4 is 0 Å². The van der Waals surface area contributed by atoms with Gasteiger partial charge in [-0.1, -0.05) is 12.1 Å². The molecule has 0 bridgehead atoms. The number of nitrogens with zero attached hydrogens (tertiary/aromatic N) is 3. The van der Waals surface area contributed by atoms with Crippen molar-refractivity contribution in [3.05, 3.63) is 36.0 Å². The number of aromatic nitrogens is 3. The number of hydrogen-bond donors (Lipinski definition) is 0. The van der Waals surface area contributed by atoms with E-state index < -0.39 is 5.95 Å². The highest BCUT2D eigenvalue weighted by atomic mass is 19.1. The highest BCUT2D eigenvalue weighted by molar-refractivity contribution is 5.17. The van der Waals surface area contributed by atoms with E-state index in [0.717, 1.165) is 0 Å². The van der Waals surface area contributed by atoms with Crippen LogP contribution in [0.4, 0.5) is 4.39 Å². The predicted molar refractivity (Wildman–Crippen MR) is 52.2 cm³/mol. The smallest absolute Gasteiger partial charge is 0.264 e. The lowest BCUT2D eigenvalue weighted by Crippen LogP contribution is -1.98. The van der Waals surface area contributed by atoms with Crippen LogP contribution in [-0.2, 0) is 13.0 Å². The Balaban J connectivity index is 1.99. The largest absolute Gasteiger partial charge is 0.479 e. The van der Waals surface area contributed by atoms with Gasteiger partial charge < -0.3 is 9.26 Å². The minimum absolute atomic E-state index is 0.0373. The van der Waals surface area contributed by atoms with Gasteiger partial charge in [0.25, 0.3) is 11.8 Å². The minimum atomic E-state index is -0.655. The first-order valence-electron chi connectivity index (χ1n) is 4.84. The molecule has 0 saturated carbocycles. The highest BCUT2D eigenvalue weighted by Gasteiger charge is 2.08. The number of rotatable bonds is 4. The maximum Gasteiger partial charge on any atom is 0.264 e. The third-order valence-electron chi connectivity index (χ3n) is 1.90. The van der Waals surface area contributed by atoms with Gasteiger partial charge in [-0.2, -0.15) is 9.37 Å². The van der Waals surface area contributed by atoms with Crippen molar-refractivity contribution < 1.29 is 13.7 Å². The molecule has 2 aromatic heterocycles. The second-order valence-corrected chi connectivity index (χ2v) is 3.04. The number of ether oxygens (including phenoxy) is 1. The van der Waals surface area contributed by atoms with E-state index in [0.29, 0.717) is 18.1 Å². The summed E-state index contributed by atoms with van der Waals surface area (Å²) in [5.74, 6) is 0.335. The molecule has 0 saturated heterocycles. The van der Waals surface area contributed by atoms with Gasteiger partial charge in [-0.3, -0.25) is 0 Å². The van der Waals surface area contributed by atoms with Crippen LogP contribution in [0.1, 0.15) is 18.6 Å². The Morgan fingerprint density at radius 1 is 1.50 bits per heavy atom. The lowest BCUT2D eigenvalue weighted by molar-refractivity contribution is 0.232. The monoisotopic (exact) mass is 223 g/mol. The van der Waals surface area contributed by atoms with E-state index in [2.05, 4.69) is 15.1 Å². The fourth-order valence-electron chi connectivity index (χ4n) is 1.11. The van der Waals surface area contributed by atoms with E-state index in [1.807, 2.05) is 6.92 Å². The molecule has 0 aliphatic heterocycles. The van der Waals surface area contributed by atoms with Crippen LogP contribution in [0.5, 0.6) is 5.75 Å². The van der Waals surface area contributed by atoms with Crippen molar-refractivity contribution in [3.63, 3.8) is 0 Å². The molecule has 2 aromatic rings. The Morgan fingerprint density at radius 2 is 2.38 bits per heavy atom. The molecule has 0 N–H and O–H groups in total. The molecule has 16 heavy (non-hydrogen) atoms. The van der Waals surface area contributed by atoms with Crippen molar-refractivity contribution in [2.75, 3.05) is 0 Å². The lowest BCUT2D eigenvalue weighted by atomic mass is 10.4. The summed E-state index contributed by atoms with van der Waals surface area (Å²) in [7, 11) is 0. The summed E-state index contributed by atoms with van der Waals surface area (Å²) in [4.78, 5) is 7.48. The van der Waals surface area contributed by atoms with Gasteiger partial charge in [-0.15, -0.1) is 0 Å². The molecule has 0 aliphatic rings. The zero-order valence-electron chi connectivity index (χ0n) is 8.68. The van der Waals surface area contributed by atoms with E-state index in [-0.39, 0.29) is 12.4 Å². The van der Waals surface area contributed by atoms with Gasteiger partial charge in [0.05, 0.1) is 0 Å². The molecular formula is C10H10FN3O2. The van der Waals surface area contributed by atoms with Gasteiger partial charge in [0.1, 0.15) is 0 Å². The molecule has 0 aliphatic carbocycles. The second-order valence-electron chi connectivity index (χ2n) is 3.04. The van der Waals surface area contributed by atoms with Gasteiger partial charge in [0.2, 0.25) is 0 Å². The molecule has 0 fully saturated rings. The lowest BCUT2D eigenvalue weighted by Gasteiger charge is -2.02. The topological polar surface area (TPSA) is 61.0 Å². The van der Waals surface area contributed by atoms with Crippen molar-refractivity contribution in [3.8, 4) is 5.75 Å². The Morgan fingerprint density at radius 3 is 3.06 bits per heavy atom. The van der Waals surface area contributed by atoms with Gasteiger partial charge in [0, 0.05) is 12.6 Å². The number of hydrogen-bond acceptors (Lipinski definition) is 5. The van der Waals surface area contributed by atoms with E-state index in [1.54, 1.807) is 6.07 Å². The van der Waals surface area contributed by atoms with Gasteiger partial charge in [-0.05, 0) is 12.1 Å². The van der Waals surface area contributed by atoms with Gasteiger partial charge in [-0.25, -0.2) is 4.98 Å². The second kappa shape index (κ2) is 4.69. The number of aryl methyl sites for hydroxylation is 1. The van der Waals surface area contributed by atoms with Crippen LogP contribution < -0.4 is 4.74 Å². The van der Waals surface area contributed by atoms with E-state index in [9.17, 15) is 4.39 Å². The van der Waals surface area contributed by atoms with E-state index in [4.69, 9.17) is 9.26 Å². The molecule has 6 heteroatoms. The maximum atomic E-state index is 13.1. The molecule has 0 amide bonds. The molecule has 2 heterocycles. The zero-order valence-corrected chi connectivity index (χ0v) is 8.68. The minimum Gasteiger partial charge on any atom is -0.479 e. The Kier molecular flexibility index (Phi) is 3.09. The van der Waals surface area contributed by atoms with Crippen molar-refractivity contribution in [2.45, 2.75) is 20.0 Å². The SMILES string of the molecule is CCc1noc(COc2cccnc2F)n1. The summed E-state index contributed by atoms with van der Waals surface area (Å²) < 4.78 is 23.1. The van der Waals surface area contributed by atoms with Crippen molar-refractivity contribution in [1.29, 1.82) is 0 Å². The summed E-state index contributed by atoms with van der Waals surface area (Å²) in [6, 6.07) is 3.07. The molecule has 0 unspecified atom stereocenters. The van der Waals surface area contributed by atoms with Crippen LogP contribution in [0.2, 0.25) is 0 Å². The van der Waals surface area contributed by atoms with Crippen LogP contribution in [-0.4, -0.2) is 15.1 Å². The normalized spacial score (nSPS) is 10.4. The molecule has 0 aromatic carbocycles. The summed E-state index contributed by atoms with van der Waals surface area (Å²) in [5, 5.41) is 3.69. The van der Waals surface area contributed by atoms with Gasteiger partial charge >= 0.3 is 0 Å². The summed E-state index contributed by atoms with van der Waals surface area (Å²) in [6.45, 7) is 1.95. The van der Waals surface area contributed by atoms with Crippen LogP contribution >= 0.6 is 0 Å². The highest BCUT2D eigenvalue weighted by Crippen LogP contribution is 2.14. The van der Waals surface area contributed by atoms with Crippen molar-refractivity contribution in [2.24, 2.45) is 0 Å². The van der Waals surface area contributed by atoms with E-state index >= 15 is 0 Å². The molecule has 0 radical (unpaired) electrons. The fourth-order valence-corrected chi connectivity index (χ4v) is 1.11. The maximum absolute atomic E-state index is 13.1. The third kappa shape index (κ3) is 2.33. The Hall–Kier alpha value is -1.98. The Bertz CT molecular complexity index is 473. The molecule has 0 atom stereocenters. The van der Waals surface area contributed by atoms with E-state index in [1.165, 1.54) is 12.3 Å². The fraction of sp³-hybridized carbons (Fsp3) is 0.300. The first-order valence-corrected chi connectivity index (χ1v) is 4.84. The quantitative estimate of drug-likeness (QED) is 0.739. The molecule has 0 spiro atoms. The summed E-state index contributed by atoms with van der Waals surface area (Å²) >= 11 is 0. The first kappa shape index (κ1) is 10.5. The summed E-state index contributed by atoms with van der Waals surface area (Å²) in [6.07, 6.45) is 2.04. The Labute approximate surface area is 91.3 Å². The van der Waals surface area contributed by atoms with Crippen LogP contribution in [0.25, 0.3) is 0 Å². The van der Waals surface area contributed by atoms with Crippen LogP contribution in [0.15, 0.2) is 22.9 Å². The predicted octanol–water partition coefficient (Wildman–Crippen LogP) is 1.75. The zero-order chi connectivity index (χ0) is 11.4.